The molecule has 0 aromatic heterocycles. The Kier molecular flexibility index (Phi) is 5.61. The van der Waals surface area contributed by atoms with Crippen LogP contribution in [0.3, 0.4) is 0 Å². The molecule has 1 aromatic rings. The lowest BCUT2D eigenvalue weighted by Crippen LogP contribution is -2.50. The molecule has 1 amide bonds. The number of carbonyl (C=O) groups is 1. The average molecular weight is 355 g/mol. The van der Waals surface area contributed by atoms with Gasteiger partial charge in [0.2, 0.25) is 0 Å². The lowest BCUT2D eigenvalue weighted by Gasteiger charge is -2.35. The quantitative estimate of drug-likeness (QED) is 0.829. The molecule has 1 saturated heterocycles. The van der Waals surface area contributed by atoms with Crippen LogP contribution in [-0.4, -0.2) is 74.0 Å². The molecule has 21 heavy (non-hydrogen) atoms. The molecular formula is C15H23BrN4O. The molecule has 1 aliphatic rings. The third kappa shape index (κ3) is 4.43. The first-order valence-corrected chi connectivity index (χ1v) is 7.98. The summed E-state index contributed by atoms with van der Waals surface area (Å²) in [5.41, 5.74) is 7.05. The van der Waals surface area contributed by atoms with Crippen molar-refractivity contribution in [2.45, 2.75) is 0 Å². The molecule has 1 heterocycles. The van der Waals surface area contributed by atoms with Crippen molar-refractivity contribution in [3.63, 3.8) is 0 Å². The van der Waals surface area contributed by atoms with Crippen LogP contribution in [0, 0.1) is 0 Å². The van der Waals surface area contributed by atoms with Crippen LogP contribution >= 0.6 is 15.9 Å². The topological polar surface area (TPSA) is 52.8 Å². The zero-order chi connectivity index (χ0) is 15.4. The molecule has 116 valence electrons. The van der Waals surface area contributed by atoms with Gasteiger partial charge in [0.15, 0.2) is 0 Å². The maximum Gasteiger partial charge on any atom is 0.255 e. The zero-order valence-electron chi connectivity index (χ0n) is 12.7. The van der Waals surface area contributed by atoms with Gasteiger partial charge in [-0.05, 0) is 48.2 Å². The Morgan fingerprint density at radius 3 is 2.57 bits per heavy atom. The lowest BCUT2D eigenvalue weighted by atomic mass is 10.1. The third-order valence-corrected chi connectivity index (χ3v) is 4.44. The van der Waals surface area contributed by atoms with Gasteiger partial charge in [0.1, 0.15) is 0 Å². The highest BCUT2D eigenvalue weighted by molar-refractivity contribution is 9.10. The van der Waals surface area contributed by atoms with E-state index in [0.29, 0.717) is 11.3 Å². The van der Waals surface area contributed by atoms with E-state index in [9.17, 15) is 4.79 Å². The monoisotopic (exact) mass is 354 g/mol. The molecule has 0 radical (unpaired) electrons. The minimum absolute atomic E-state index is 0.0569. The second kappa shape index (κ2) is 7.24. The minimum Gasteiger partial charge on any atom is -0.399 e. The third-order valence-electron chi connectivity index (χ3n) is 3.74. The van der Waals surface area contributed by atoms with Crippen LogP contribution in [0.1, 0.15) is 10.4 Å². The van der Waals surface area contributed by atoms with E-state index in [-0.39, 0.29) is 5.91 Å². The Bertz CT molecular complexity index is 498. The van der Waals surface area contributed by atoms with Crippen molar-refractivity contribution in [2.24, 2.45) is 0 Å². The number of amides is 1. The second-order valence-corrected chi connectivity index (χ2v) is 6.53. The number of piperazine rings is 1. The molecule has 0 spiro atoms. The summed E-state index contributed by atoms with van der Waals surface area (Å²) < 4.78 is 0.803. The molecule has 0 atom stereocenters. The standard InChI is InChI=1S/C15H23BrN4O/c1-18(2)5-6-19-7-9-20(10-8-19)15(21)13-11-12(17)3-4-14(13)16/h3-4,11H,5-10,17H2,1-2H3. The van der Waals surface area contributed by atoms with Crippen LogP contribution < -0.4 is 5.73 Å². The smallest absolute Gasteiger partial charge is 0.255 e. The summed E-state index contributed by atoms with van der Waals surface area (Å²) in [5.74, 6) is 0.0569. The van der Waals surface area contributed by atoms with Gasteiger partial charge in [0.25, 0.3) is 5.91 Å². The number of likely N-dealkylation sites (N-methyl/N-ethyl adjacent to an activating group) is 1. The van der Waals surface area contributed by atoms with Crippen molar-refractivity contribution < 1.29 is 4.79 Å². The highest BCUT2D eigenvalue weighted by Crippen LogP contribution is 2.21. The molecule has 0 aliphatic carbocycles. The van der Waals surface area contributed by atoms with E-state index in [4.69, 9.17) is 5.73 Å². The fourth-order valence-corrected chi connectivity index (χ4v) is 2.81. The molecule has 2 N–H and O–H groups in total. The van der Waals surface area contributed by atoms with Gasteiger partial charge in [0.05, 0.1) is 5.56 Å². The molecule has 2 rings (SSSR count). The predicted molar refractivity (Wildman–Crippen MR) is 89.5 cm³/mol. The number of nitrogen functional groups attached to an aromatic ring is 1. The summed E-state index contributed by atoms with van der Waals surface area (Å²) >= 11 is 3.43. The van der Waals surface area contributed by atoms with Crippen molar-refractivity contribution >= 4 is 27.5 Å². The van der Waals surface area contributed by atoms with Gasteiger partial charge in [-0.25, -0.2) is 0 Å². The molecule has 0 saturated carbocycles. The molecule has 1 aliphatic heterocycles. The van der Waals surface area contributed by atoms with Crippen LogP contribution in [0.5, 0.6) is 0 Å². The van der Waals surface area contributed by atoms with Gasteiger partial charge in [-0.3, -0.25) is 9.69 Å². The van der Waals surface area contributed by atoms with Gasteiger partial charge in [-0.2, -0.15) is 0 Å². The highest BCUT2D eigenvalue weighted by atomic mass is 79.9. The average Bonchev–Trinajstić information content (AvgIpc) is 2.47. The van der Waals surface area contributed by atoms with E-state index >= 15 is 0 Å². The summed E-state index contributed by atoms with van der Waals surface area (Å²) in [6.07, 6.45) is 0. The Balaban J connectivity index is 1.92. The number of nitrogens with two attached hydrogens (primary N) is 1. The number of anilines is 1. The molecular weight excluding hydrogens is 332 g/mol. The normalized spacial score (nSPS) is 16.5. The lowest BCUT2D eigenvalue weighted by molar-refractivity contribution is 0.0629. The molecule has 0 bridgehead atoms. The summed E-state index contributed by atoms with van der Waals surface area (Å²) in [4.78, 5) is 19.1. The maximum absolute atomic E-state index is 12.6. The number of carbonyl (C=O) groups excluding carboxylic acids is 1. The van der Waals surface area contributed by atoms with Crippen molar-refractivity contribution in [3.8, 4) is 0 Å². The Labute approximate surface area is 134 Å². The van der Waals surface area contributed by atoms with E-state index in [0.717, 1.165) is 43.7 Å². The largest absolute Gasteiger partial charge is 0.399 e. The number of hydrogen-bond acceptors (Lipinski definition) is 4. The zero-order valence-corrected chi connectivity index (χ0v) is 14.3. The summed E-state index contributed by atoms with van der Waals surface area (Å²) in [7, 11) is 4.16. The van der Waals surface area contributed by atoms with E-state index in [1.54, 1.807) is 12.1 Å². The van der Waals surface area contributed by atoms with Crippen molar-refractivity contribution in [2.75, 3.05) is 59.1 Å². The molecule has 1 fully saturated rings. The van der Waals surface area contributed by atoms with Crippen LogP contribution in [0.25, 0.3) is 0 Å². The predicted octanol–water partition coefficient (Wildman–Crippen LogP) is 1.35. The van der Waals surface area contributed by atoms with Gasteiger partial charge >= 0.3 is 0 Å². The fourth-order valence-electron chi connectivity index (χ4n) is 2.39. The van der Waals surface area contributed by atoms with Gasteiger partial charge in [-0.15, -0.1) is 0 Å². The van der Waals surface area contributed by atoms with Crippen LogP contribution in [-0.2, 0) is 0 Å². The first-order chi connectivity index (χ1) is 9.97. The number of nitrogens with zero attached hydrogens (tertiary/aromatic N) is 3. The SMILES string of the molecule is CN(C)CCN1CCN(C(=O)c2cc(N)ccc2Br)CC1. The second-order valence-electron chi connectivity index (χ2n) is 5.68. The first-order valence-electron chi connectivity index (χ1n) is 7.19. The Morgan fingerprint density at radius 1 is 1.29 bits per heavy atom. The van der Waals surface area contributed by atoms with Crippen LogP contribution in [0.2, 0.25) is 0 Å². The maximum atomic E-state index is 12.6. The summed E-state index contributed by atoms with van der Waals surface area (Å²) in [6, 6.07) is 5.36. The first kappa shape index (κ1) is 16.3. The van der Waals surface area contributed by atoms with E-state index in [1.165, 1.54) is 0 Å². The number of halogens is 1. The van der Waals surface area contributed by atoms with Crippen molar-refractivity contribution in [1.82, 2.24) is 14.7 Å². The van der Waals surface area contributed by atoms with Crippen molar-refractivity contribution in [3.05, 3.63) is 28.2 Å². The molecule has 1 aromatic carbocycles. The van der Waals surface area contributed by atoms with Gasteiger partial charge in [0, 0.05) is 49.4 Å². The van der Waals surface area contributed by atoms with E-state index < -0.39 is 0 Å². The molecule has 0 unspecified atom stereocenters. The number of benzene rings is 1. The minimum atomic E-state index is 0.0569. The van der Waals surface area contributed by atoms with E-state index in [1.807, 2.05) is 11.0 Å². The highest BCUT2D eigenvalue weighted by Gasteiger charge is 2.23. The Hall–Kier alpha value is -1.11. The van der Waals surface area contributed by atoms with E-state index in [2.05, 4.69) is 39.8 Å². The molecule has 5 nitrogen and oxygen atoms in total. The molecule has 6 heteroatoms. The van der Waals surface area contributed by atoms with Crippen LogP contribution in [0.15, 0.2) is 22.7 Å². The van der Waals surface area contributed by atoms with Gasteiger partial charge < -0.3 is 15.5 Å². The number of hydrogen-bond donors (Lipinski definition) is 1. The number of rotatable bonds is 4. The van der Waals surface area contributed by atoms with Gasteiger partial charge in [-0.1, -0.05) is 0 Å². The summed E-state index contributed by atoms with van der Waals surface area (Å²) in [6.45, 7) is 5.51. The van der Waals surface area contributed by atoms with Crippen LogP contribution in [0.4, 0.5) is 5.69 Å². The fraction of sp³-hybridized carbons (Fsp3) is 0.533. The summed E-state index contributed by atoms with van der Waals surface area (Å²) in [5, 5.41) is 0. The van der Waals surface area contributed by atoms with Crippen molar-refractivity contribution in [1.29, 1.82) is 0 Å². The Morgan fingerprint density at radius 2 is 1.95 bits per heavy atom.